The third kappa shape index (κ3) is 2.05. The quantitative estimate of drug-likeness (QED) is 0.613. The topological polar surface area (TPSA) is 93.8 Å². The highest BCUT2D eigenvalue weighted by Gasteiger charge is 2.27. The van der Waals surface area contributed by atoms with Crippen LogP contribution in [-0.4, -0.2) is 38.6 Å². The standard InChI is InChI=1S/C6H7N3O3S/c1-3(5(11)12)8-9-4(10)2-13-6(9)7/h7H,2H2,1H3,(H,11,12)/b7-6?,8-3-. The fraction of sp³-hybridized carbons (Fsp3) is 0.333. The van der Waals surface area contributed by atoms with Gasteiger partial charge in [-0.25, -0.2) is 4.79 Å². The van der Waals surface area contributed by atoms with Gasteiger partial charge in [-0.15, -0.1) is 0 Å². The number of carboxylic acids is 1. The van der Waals surface area contributed by atoms with Crippen LogP contribution in [0.3, 0.4) is 0 Å². The van der Waals surface area contributed by atoms with Crippen LogP contribution in [0.25, 0.3) is 0 Å². The van der Waals surface area contributed by atoms with E-state index < -0.39 is 5.97 Å². The SMILES string of the molecule is C/C(=N/N1C(=N)SCC1=O)C(=O)O. The van der Waals surface area contributed by atoms with Gasteiger partial charge in [0.2, 0.25) is 0 Å². The molecule has 0 aliphatic carbocycles. The summed E-state index contributed by atoms with van der Waals surface area (Å²) in [5, 5.41) is 20.0. The number of nitrogens with one attached hydrogen (secondary N) is 1. The lowest BCUT2D eigenvalue weighted by molar-refractivity contribution is -0.129. The van der Waals surface area contributed by atoms with Crippen LogP contribution < -0.4 is 0 Å². The van der Waals surface area contributed by atoms with Gasteiger partial charge in [-0.3, -0.25) is 10.2 Å². The van der Waals surface area contributed by atoms with Crippen LogP contribution in [-0.2, 0) is 9.59 Å². The molecule has 1 aliphatic rings. The average Bonchev–Trinajstić information content (AvgIpc) is 2.35. The van der Waals surface area contributed by atoms with Crippen LogP contribution in [0.1, 0.15) is 6.92 Å². The minimum Gasteiger partial charge on any atom is -0.477 e. The van der Waals surface area contributed by atoms with Crippen LogP contribution in [0.4, 0.5) is 0 Å². The Balaban J connectivity index is 2.83. The number of carbonyl (C=O) groups excluding carboxylic acids is 1. The van der Waals surface area contributed by atoms with Crippen molar-refractivity contribution in [1.82, 2.24) is 5.01 Å². The van der Waals surface area contributed by atoms with Crippen molar-refractivity contribution in [3.05, 3.63) is 0 Å². The van der Waals surface area contributed by atoms with Crippen LogP contribution in [0, 0.1) is 5.41 Å². The molecule has 0 saturated carbocycles. The Hall–Kier alpha value is -1.37. The lowest BCUT2D eigenvalue weighted by atomic mass is 10.4. The van der Waals surface area contributed by atoms with Gasteiger partial charge in [0, 0.05) is 0 Å². The summed E-state index contributed by atoms with van der Waals surface area (Å²) in [6.45, 7) is 1.27. The first-order valence-electron chi connectivity index (χ1n) is 3.35. The zero-order chi connectivity index (χ0) is 10.0. The first kappa shape index (κ1) is 9.72. The van der Waals surface area contributed by atoms with Gasteiger partial charge in [0.05, 0.1) is 5.75 Å². The second-order valence-electron chi connectivity index (χ2n) is 2.29. The number of nitrogens with zero attached hydrogens (tertiary/aromatic N) is 2. The summed E-state index contributed by atoms with van der Waals surface area (Å²) in [5.74, 6) is -1.41. The fourth-order valence-electron chi connectivity index (χ4n) is 0.660. The molecule has 70 valence electrons. The molecule has 1 saturated heterocycles. The van der Waals surface area contributed by atoms with E-state index in [4.69, 9.17) is 10.5 Å². The molecular formula is C6H7N3O3S. The number of carboxylic acid groups (broad SMARTS) is 1. The van der Waals surface area contributed by atoms with E-state index in [0.29, 0.717) is 0 Å². The molecule has 0 radical (unpaired) electrons. The summed E-state index contributed by atoms with van der Waals surface area (Å²) in [7, 11) is 0. The van der Waals surface area contributed by atoms with E-state index in [9.17, 15) is 9.59 Å². The molecule has 1 heterocycles. The zero-order valence-corrected chi connectivity index (χ0v) is 7.59. The molecule has 0 aromatic carbocycles. The van der Waals surface area contributed by atoms with E-state index in [2.05, 4.69) is 5.10 Å². The highest BCUT2D eigenvalue weighted by atomic mass is 32.2. The van der Waals surface area contributed by atoms with Crippen molar-refractivity contribution in [1.29, 1.82) is 5.41 Å². The Labute approximate surface area is 78.1 Å². The molecule has 0 spiro atoms. The van der Waals surface area contributed by atoms with E-state index in [1.165, 1.54) is 6.92 Å². The third-order valence-electron chi connectivity index (χ3n) is 1.32. The molecule has 0 aromatic heterocycles. The lowest BCUT2D eigenvalue weighted by Gasteiger charge is -2.06. The minimum absolute atomic E-state index is 0.0365. The average molecular weight is 201 g/mol. The number of hydrogen-bond donors (Lipinski definition) is 2. The molecule has 0 bridgehead atoms. The Bertz CT molecular complexity index is 296. The van der Waals surface area contributed by atoms with E-state index >= 15 is 0 Å². The summed E-state index contributed by atoms with van der Waals surface area (Å²) in [6, 6.07) is 0. The van der Waals surface area contributed by atoms with Gasteiger partial charge >= 0.3 is 5.97 Å². The number of aliphatic carboxylic acids is 1. The van der Waals surface area contributed by atoms with Crippen molar-refractivity contribution in [3.8, 4) is 0 Å². The number of carbonyl (C=O) groups is 2. The second kappa shape index (κ2) is 3.56. The third-order valence-corrected chi connectivity index (χ3v) is 2.16. The van der Waals surface area contributed by atoms with Crippen molar-refractivity contribution >= 4 is 34.5 Å². The molecule has 13 heavy (non-hydrogen) atoms. The van der Waals surface area contributed by atoms with E-state index in [-0.39, 0.29) is 22.5 Å². The van der Waals surface area contributed by atoms with Crippen LogP contribution in [0.15, 0.2) is 5.10 Å². The lowest BCUT2D eigenvalue weighted by Crippen LogP contribution is -2.26. The Kier molecular flexibility index (Phi) is 2.66. The molecule has 1 amide bonds. The number of thioether (sulfide) groups is 1. The maximum atomic E-state index is 11.0. The Morgan fingerprint density at radius 3 is 2.77 bits per heavy atom. The predicted molar refractivity (Wildman–Crippen MR) is 47.8 cm³/mol. The summed E-state index contributed by atoms with van der Waals surface area (Å²) < 4.78 is 0. The molecule has 0 aromatic rings. The summed E-state index contributed by atoms with van der Waals surface area (Å²) in [4.78, 5) is 21.4. The number of hydrazone groups is 1. The summed E-state index contributed by atoms with van der Waals surface area (Å²) in [6.07, 6.45) is 0. The predicted octanol–water partition coefficient (Wildman–Crippen LogP) is -0.0429. The monoisotopic (exact) mass is 201 g/mol. The van der Waals surface area contributed by atoms with Crippen molar-refractivity contribution in [2.75, 3.05) is 5.75 Å². The highest BCUT2D eigenvalue weighted by molar-refractivity contribution is 8.14. The first-order chi connectivity index (χ1) is 6.02. The van der Waals surface area contributed by atoms with E-state index in [1.807, 2.05) is 0 Å². The molecule has 7 heteroatoms. The van der Waals surface area contributed by atoms with Gasteiger partial charge < -0.3 is 5.11 Å². The van der Waals surface area contributed by atoms with Crippen molar-refractivity contribution in [2.24, 2.45) is 5.10 Å². The van der Waals surface area contributed by atoms with Crippen LogP contribution in [0.2, 0.25) is 0 Å². The summed E-state index contributed by atoms with van der Waals surface area (Å²) in [5.41, 5.74) is -0.208. The molecule has 0 atom stereocenters. The summed E-state index contributed by atoms with van der Waals surface area (Å²) >= 11 is 1.03. The number of amides is 1. The van der Waals surface area contributed by atoms with Crippen LogP contribution in [0.5, 0.6) is 0 Å². The molecule has 0 unspecified atom stereocenters. The molecule has 6 nitrogen and oxygen atoms in total. The van der Waals surface area contributed by atoms with Gasteiger partial charge in [-0.2, -0.15) is 10.1 Å². The van der Waals surface area contributed by atoms with Gasteiger partial charge in [0.1, 0.15) is 5.71 Å². The number of rotatable bonds is 2. The van der Waals surface area contributed by atoms with E-state index in [0.717, 1.165) is 16.8 Å². The molecule has 1 aliphatic heterocycles. The maximum absolute atomic E-state index is 11.0. The zero-order valence-electron chi connectivity index (χ0n) is 6.77. The number of hydrogen-bond acceptors (Lipinski definition) is 5. The normalized spacial score (nSPS) is 18.2. The first-order valence-corrected chi connectivity index (χ1v) is 4.33. The van der Waals surface area contributed by atoms with Gasteiger partial charge in [-0.1, -0.05) is 11.8 Å². The van der Waals surface area contributed by atoms with Crippen molar-refractivity contribution in [3.63, 3.8) is 0 Å². The van der Waals surface area contributed by atoms with E-state index in [1.54, 1.807) is 0 Å². The minimum atomic E-state index is -1.20. The highest BCUT2D eigenvalue weighted by Crippen LogP contribution is 2.17. The van der Waals surface area contributed by atoms with Crippen molar-refractivity contribution in [2.45, 2.75) is 6.92 Å². The maximum Gasteiger partial charge on any atom is 0.351 e. The Morgan fingerprint density at radius 2 is 2.38 bits per heavy atom. The second-order valence-corrected chi connectivity index (χ2v) is 3.25. The molecule has 1 rings (SSSR count). The smallest absolute Gasteiger partial charge is 0.351 e. The molecule has 2 N–H and O–H groups in total. The largest absolute Gasteiger partial charge is 0.477 e. The van der Waals surface area contributed by atoms with Crippen molar-refractivity contribution < 1.29 is 14.7 Å². The van der Waals surface area contributed by atoms with Gasteiger partial charge in [0.15, 0.2) is 5.17 Å². The Morgan fingerprint density at radius 1 is 1.77 bits per heavy atom. The van der Waals surface area contributed by atoms with Gasteiger partial charge in [0.25, 0.3) is 5.91 Å². The number of amidine groups is 1. The fourth-order valence-corrected chi connectivity index (χ4v) is 1.31. The molecule has 1 fully saturated rings. The van der Waals surface area contributed by atoms with Gasteiger partial charge in [-0.05, 0) is 6.92 Å². The molecular weight excluding hydrogens is 194 g/mol. The van der Waals surface area contributed by atoms with Crippen LogP contribution >= 0.6 is 11.8 Å².